The first-order valence-corrected chi connectivity index (χ1v) is 10.5. The maximum Gasteiger partial charge on any atom is 0.227 e. The standard InChI is InChI=1S/C21H30N6O2S/c1-6-16(21(4,5)29)24-20-25-18(17-19(26-20)27(11-23-17)12(2)3)22-10-13-9-14(30)7-8-15(13)28/h7-9,11-12,16,28-30H,6,10H2,1-5H3,(H2,22,24,25,26). The molecule has 9 heteroatoms. The quantitative estimate of drug-likeness (QED) is 0.344. The predicted molar refractivity (Wildman–Crippen MR) is 122 cm³/mol. The summed E-state index contributed by atoms with van der Waals surface area (Å²) in [4.78, 5) is 14.6. The van der Waals surface area contributed by atoms with Crippen molar-refractivity contribution in [1.29, 1.82) is 0 Å². The average Bonchev–Trinajstić information content (AvgIpc) is 3.10. The highest BCUT2D eigenvalue weighted by Crippen LogP contribution is 2.27. The molecule has 30 heavy (non-hydrogen) atoms. The Morgan fingerprint density at radius 1 is 1.23 bits per heavy atom. The number of anilines is 2. The zero-order valence-corrected chi connectivity index (χ0v) is 18.9. The molecule has 0 amide bonds. The van der Waals surface area contributed by atoms with Crippen molar-refractivity contribution in [3.8, 4) is 5.75 Å². The third-order valence-corrected chi connectivity index (χ3v) is 5.33. The van der Waals surface area contributed by atoms with E-state index in [2.05, 4.69) is 52.1 Å². The molecule has 162 valence electrons. The highest BCUT2D eigenvalue weighted by molar-refractivity contribution is 7.80. The largest absolute Gasteiger partial charge is 0.508 e. The van der Waals surface area contributed by atoms with Crippen molar-refractivity contribution >= 4 is 35.6 Å². The van der Waals surface area contributed by atoms with Crippen molar-refractivity contribution in [2.45, 2.75) is 70.2 Å². The highest BCUT2D eigenvalue weighted by atomic mass is 32.1. The molecule has 0 radical (unpaired) electrons. The molecule has 0 spiro atoms. The molecule has 8 nitrogen and oxygen atoms in total. The molecule has 0 aliphatic rings. The summed E-state index contributed by atoms with van der Waals surface area (Å²) in [5, 5.41) is 27.1. The Hall–Kier alpha value is -2.52. The van der Waals surface area contributed by atoms with Crippen molar-refractivity contribution in [2.24, 2.45) is 0 Å². The van der Waals surface area contributed by atoms with E-state index < -0.39 is 5.60 Å². The summed E-state index contributed by atoms with van der Waals surface area (Å²) in [5.41, 5.74) is 1.11. The van der Waals surface area contributed by atoms with Gasteiger partial charge >= 0.3 is 0 Å². The highest BCUT2D eigenvalue weighted by Gasteiger charge is 2.26. The van der Waals surface area contributed by atoms with Gasteiger partial charge in [0.2, 0.25) is 5.95 Å². The summed E-state index contributed by atoms with van der Waals surface area (Å²) in [6.45, 7) is 9.99. The van der Waals surface area contributed by atoms with Gasteiger partial charge in [-0.1, -0.05) is 6.92 Å². The van der Waals surface area contributed by atoms with Crippen molar-refractivity contribution in [3.05, 3.63) is 30.1 Å². The molecule has 1 atom stereocenters. The molecule has 1 aromatic carbocycles. The summed E-state index contributed by atoms with van der Waals surface area (Å²) in [5.74, 6) is 1.15. The minimum Gasteiger partial charge on any atom is -0.508 e. The lowest BCUT2D eigenvalue weighted by Gasteiger charge is -2.29. The number of hydrogen-bond donors (Lipinski definition) is 5. The van der Waals surface area contributed by atoms with E-state index in [4.69, 9.17) is 0 Å². The second-order valence-electron chi connectivity index (χ2n) is 8.24. The van der Waals surface area contributed by atoms with Gasteiger partial charge in [-0.2, -0.15) is 9.97 Å². The van der Waals surface area contributed by atoms with Gasteiger partial charge < -0.3 is 25.4 Å². The van der Waals surface area contributed by atoms with Crippen LogP contribution in [-0.4, -0.2) is 41.4 Å². The number of phenolic OH excluding ortho intramolecular Hbond substituents is 1. The van der Waals surface area contributed by atoms with Crippen LogP contribution in [0.2, 0.25) is 0 Å². The van der Waals surface area contributed by atoms with Crippen molar-refractivity contribution < 1.29 is 10.2 Å². The Balaban J connectivity index is 2.00. The molecule has 0 saturated carbocycles. The molecule has 0 aliphatic carbocycles. The lowest BCUT2D eigenvalue weighted by atomic mass is 9.97. The summed E-state index contributed by atoms with van der Waals surface area (Å²) in [6.07, 6.45) is 2.46. The Morgan fingerprint density at radius 2 is 1.97 bits per heavy atom. The number of rotatable bonds is 8. The van der Waals surface area contributed by atoms with Gasteiger partial charge in [-0.05, 0) is 52.3 Å². The van der Waals surface area contributed by atoms with Crippen molar-refractivity contribution in [2.75, 3.05) is 10.6 Å². The van der Waals surface area contributed by atoms with Crippen LogP contribution in [0.25, 0.3) is 11.2 Å². The van der Waals surface area contributed by atoms with E-state index in [1.54, 1.807) is 38.4 Å². The van der Waals surface area contributed by atoms with E-state index in [1.807, 2.05) is 11.5 Å². The third kappa shape index (κ3) is 4.79. The summed E-state index contributed by atoms with van der Waals surface area (Å²) in [7, 11) is 0. The van der Waals surface area contributed by atoms with Crippen LogP contribution < -0.4 is 10.6 Å². The number of fused-ring (bicyclic) bond motifs is 1. The molecular formula is C21H30N6O2S. The SMILES string of the molecule is CCC(Nc1nc(NCc2cc(S)ccc2O)c2ncn(C(C)C)c2n1)C(C)(C)O. The molecule has 0 saturated heterocycles. The van der Waals surface area contributed by atoms with Gasteiger partial charge in [0, 0.05) is 23.0 Å². The van der Waals surface area contributed by atoms with Crippen LogP contribution in [0.5, 0.6) is 5.75 Å². The fourth-order valence-corrected chi connectivity index (χ4v) is 3.54. The Labute approximate surface area is 182 Å². The Morgan fingerprint density at radius 3 is 2.60 bits per heavy atom. The van der Waals surface area contributed by atoms with E-state index in [9.17, 15) is 10.2 Å². The number of phenols is 1. The van der Waals surface area contributed by atoms with Crippen LogP contribution in [0.1, 0.15) is 52.6 Å². The minimum absolute atomic E-state index is 0.173. The average molecular weight is 431 g/mol. The predicted octanol–water partition coefficient (Wildman–Crippen LogP) is 3.98. The molecule has 0 aliphatic heterocycles. The van der Waals surface area contributed by atoms with Crippen LogP contribution in [-0.2, 0) is 6.54 Å². The number of aromatic nitrogens is 4. The number of imidazole rings is 1. The third-order valence-electron chi connectivity index (χ3n) is 5.05. The van der Waals surface area contributed by atoms with E-state index in [0.717, 1.165) is 4.90 Å². The van der Waals surface area contributed by atoms with Gasteiger partial charge in [-0.15, -0.1) is 12.6 Å². The van der Waals surface area contributed by atoms with Crippen LogP contribution >= 0.6 is 12.6 Å². The molecule has 0 fully saturated rings. The molecule has 3 aromatic rings. The smallest absolute Gasteiger partial charge is 0.227 e. The zero-order chi connectivity index (χ0) is 22.1. The second-order valence-corrected chi connectivity index (χ2v) is 8.76. The molecular weight excluding hydrogens is 400 g/mol. The normalized spacial score (nSPS) is 13.1. The topological polar surface area (TPSA) is 108 Å². The van der Waals surface area contributed by atoms with E-state index in [1.165, 1.54) is 0 Å². The number of nitrogens with zero attached hydrogens (tertiary/aromatic N) is 4. The first-order valence-electron chi connectivity index (χ1n) is 10.1. The van der Waals surface area contributed by atoms with Gasteiger partial charge in [0.1, 0.15) is 5.75 Å². The van der Waals surface area contributed by atoms with Crippen LogP contribution in [0.3, 0.4) is 0 Å². The monoisotopic (exact) mass is 430 g/mol. The Bertz CT molecular complexity index is 1030. The lowest BCUT2D eigenvalue weighted by Crippen LogP contribution is -2.41. The van der Waals surface area contributed by atoms with E-state index in [-0.39, 0.29) is 17.8 Å². The molecule has 2 heterocycles. The van der Waals surface area contributed by atoms with Crippen molar-refractivity contribution in [3.63, 3.8) is 0 Å². The summed E-state index contributed by atoms with van der Waals surface area (Å²) >= 11 is 4.34. The minimum atomic E-state index is -0.933. The molecule has 1 unspecified atom stereocenters. The first-order chi connectivity index (χ1) is 14.1. The van der Waals surface area contributed by atoms with Gasteiger partial charge in [0.15, 0.2) is 17.0 Å². The second kappa shape index (κ2) is 8.69. The maximum atomic E-state index is 10.4. The van der Waals surface area contributed by atoms with E-state index >= 15 is 0 Å². The molecule has 0 bridgehead atoms. The van der Waals surface area contributed by atoms with Crippen LogP contribution in [0.15, 0.2) is 29.4 Å². The number of benzene rings is 1. The van der Waals surface area contributed by atoms with Crippen LogP contribution in [0.4, 0.5) is 11.8 Å². The number of nitrogens with one attached hydrogen (secondary N) is 2. The number of aliphatic hydroxyl groups is 1. The van der Waals surface area contributed by atoms with Crippen LogP contribution in [0, 0.1) is 0 Å². The first kappa shape index (κ1) is 22.2. The van der Waals surface area contributed by atoms with Gasteiger partial charge in [0.05, 0.1) is 18.0 Å². The summed E-state index contributed by atoms with van der Waals surface area (Å²) in [6, 6.07) is 5.11. The fourth-order valence-electron chi connectivity index (χ4n) is 3.31. The van der Waals surface area contributed by atoms with Gasteiger partial charge in [-0.3, -0.25) is 0 Å². The number of thiol groups is 1. The van der Waals surface area contributed by atoms with E-state index in [0.29, 0.717) is 41.5 Å². The summed E-state index contributed by atoms with van der Waals surface area (Å²) < 4.78 is 1.98. The maximum absolute atomic E-state index is 10.4. The van der Waals surface area contributed by atoms with Gasteiger partial charge in [-0.25, -0.2) is 4.98 Å². The molecule has 4 N–H and O–H groups in total. The van der Waals surface area contributed by atoms with Crippen molar-refractivity contribution in [1.82, 2.24) is 19.5 Å². The zero-order valence-electron chi connectivity index (χ0n) is 18.0. The fraction of sp³-hybridized carbons (Fsp3) is 0.476. The molecule has 3 rings (SSSR count). The number of hydrogen-bond acceptors (Lipinski definition) is 8. The lowest BCUT2D eigenvalue weighted by molar-refractivity contribution is 0.0577. The Kier molecular flexibility index (Phi) is 6.42. The number of aromatic hydroxyl groups is 1. The van der Waals surface area contributed by atoms with Gasteiger partial charge in [0.25, 0.3) is 0 Å². The molecule has 2 aromatic heterocycles.